The Morgan fingerprint density at radius 1 is 1.14 bits per heavy atom. The molecule has 0 amide bonds. The van der Waals surface area contributed by atoms with Crippen molar-refractivity contribution in [1.29, 1.82) is 0 Å². The van der Waals surface area contributed by atoms with Crippen molar-refractivity contribution in [2.24, 2.45) is 5.14 Å². The van der Waals surface area contributed by atoms with Gasteiger partial charge in [0.1, 0.15) is 0 Å². The SMILES string of the molecule is Cc1csc(-c2cccn2-c2ccc(S(N)(=O)=O)cc2)c1. The highest BCUT2D eigenvalue weighted by Gasteiger charge is 2.10. The van der Waals surface area contributed by atoms with Crippen molar-refractivity contribution in [1.82, 2.24) is 4.57 Å². The summed E-state index contributed by atoms with van der Waals surface area (Å²) < 4.78 is 24.6. The number of benzene rings is 1. The molecule has 3 rings (SSSR count). The summed E-state index contributed by atoms with van der Waals surface area (Å²) in [5, 5.41) is 7.22. The number of aryl methyl sites for hydroxylation is 1. The standard InChI is InChI=1S/C15H14N2O2S2/c1-11-9-15(20-10-11)14-3-2-8-17(14)12-4-6-13(7-5-12)21(16,18)19/h2-10H,1H3,(H2,16,18,19). The molecule has 0 atom stereocenters. The molecule has 21 heavy (non-hydrogen) atoms. The van der Waals surface area contributed by atoms with Gasteiger partial charge in [-0.3, -0.25) is 0 Å². The number of nitrogens with zero attached hydrogens (tertiary/aromatic N) is 1. The van der Waals surface area contributed by atoms with Crippen LogP contribution in [0.25, 0.3) is 16.3 Å². The van der Waals surface area contributed by atoms with E-state index in [0.29, 0.717) is 0 Å². The monoisotopic (exact) mass is 318 g/mol. The van der Waals surface area contributed by atoms with Crippen LogP contribution in [0.1, 0.15) is 5.56 Å². The van der Waals surface area contributed by atoms with Gasteiger partial charge in [-0.15, -0.1) is 11.3 Å². The van der Waals surface area contributed by atoms with Crippen LogP contribution in [0.5, 0.6) is 0 Å². The molecule has 0 spiro atoms. The highest BCUT2D eigenvalue weighted by atomic mass is 32.2. The summed E-state index contributed by atoms with van der Waals surface area (Å²) in [7, 11) is -3.65. The minimum atomic E-state index is -3.65. The molecule has 0 radical (unpaired) electrons. The molecule has 2 heterocycles. The third-order valence-electron chi connectivity index (χ3n) is 3.18. The van der Waals surface area contributed by atoms with Gasteiger partial charge in [0.25, 0.3) is 0 Å². The summed E-state index contributed by atoms with van der Waals surface area (Å²) in [5.41, 5.74) is 3.21. The van der Waals surface area contributed by atoms with E-state index in [1.54, 1.807) is 23.5 Å². The molecule has 1 aromatic carbocycles. The Bertz CT molecular complexity index is 875. The van der Waals surface area contributed by atoms with Gasteiger partial charge in [0.05, 0.1) is 15.5 Å². The molecule has 108 valence electrons. The van der Waals surface area contributed by atoms with Crippen molar-refractivity contribution >= 4 is 21.4 Å². The number of sulfonamides is 1. The molecule has 0 bridgehead atoms. The number of nitrogens with two attached hydrogens (primary N) is 1. The van der Waals surface area contributed by atoms with Gasteiger partial charge in [0.15, 0.2) is 0 Å². The molecule has 4 nitrogen and oxygen atoms in total. The summed E-state index contributed by atoms with van der Waals surface area (Å²) in [4.78, 5) is 1.29. The van der Waals surface area contributed by atoms with Crippen LogP contribution < -0.4 is 5.14 Å². The molecule has 0 aliphatic carbocycles. The van der Waals surface area contributed by atoms with E-state index < -0.39 is 10.0 Å². The lowest BCUT2D eigenvalue weighted by Gasteiger charge is -2.08. The Labute approximate surface area is 127 Å². The van der Waals surface area contributed by atoms with E-state index in [1.807, 2.05) is 22.9 Å². The van der Waals surface area contributed by atoms with Crippen LogP contribution >= 0.6 is 11.3 Å². The minimum Gasteiger partial charge on any atom is -0.316 e. The normalized spacial score (nSPS) is 11.7. The predicted molar refractivity (Wildman–Crippen MR) is 85.2 cm³/mol. The number of rotatable bonds is 3. The van der Waals surface area contributed by atoms with Gasteiger partial charge in [-0.25, -0.2) is 13.6 Å². The zero-order valence-electron chi connectivity index (χ0n) is 11.4. The van der Waals surface area contributed by atoms with E-state index in [-0.39, 0.29) is 4.90 Å². The number of hydrogen-bond donors (Lipinski definition) is 1. The van der Waals surface area contributed by atoms with Crippen molar-refractivity contribution in [3.63, 3.8) is 0 Å². The fraction of sp³-hybridized carbons (Fsp3) is 0.0667. The summed E-state index contributed by atoms with van der Waals surface area (Å²) in [6.45, 7) is 2.06. The molecule has 0 fully saturated rings. The minimum absolute atomic E-state index is 0.118. The third-order valence-corrected chi connectivity index (χ3v) is 5.17. The molecule has 0 saturated carbocycles. The molecule has 0 aliphatic rings. The van der Waals surface area contributed by atoms with E-state index in [1.165, 1.54) is 22.6 Å². The lowest BCUT2D eigenvalue weighted by atomic mass is 10.2. The largest absolute Gasteiger partial charge is 0.316 e. The first-order valence-electron chi connectivity index (χ1n) is 6.31. The van der Waals surface area contributed by atoms with E-state index in [9.17, 15) is 8.42 Å². The van der Waals surface area contributed by atoms with Gasteiger partial charge in [-0.1, -0.05) is 0 Å². The molecule has 2 N–H and O–H groups in total. The van der Waals surface area contributed by atoms with Gasteiger partial charge >= 0.3 is 0 Å². The van der Waals surface area contributed by atoms with Crippen LogP contribution in [-0.2, 0) is 10.0 Å². The summed E-state index contributed by atoms with van der Waals surface area (Å²) in [5.74, 6) is 0. The highest BCUT2D eigenvalue weighted by molar-refractivity contribution is 7.89. The molecular formula is C15H14N2O2S2. The molecule has 2 aromatic heterocycles. The van der Waals surface area contributed by atoms with Gasteiger partial charge in [-0.05, 0) is 60.3 Å². The zero-order valence-corrected chi connectivity index (χ0v) is 13.0. The second kappa shape index (κ2) is 5.14. The Morgan fingerprint density at radius 2 is 1.86 bits per heavy atom. The number of thiophene rings is 1. The Hall–Kier alpha value is -1.89. The van der Waals surface area contributed by atoms with Gasteiger partial charge in [0.2, 0.25) is 10.0 Å². The second-order valence-corrected chi connectivity index (χ2v) is 7.26. The van der Waals surface area contributed by atoms with Crippen LogP contribution in [-0.4, -0.2) is 13.0 Å². The number of primary sulfonamides is 1. The van der Waals surface area contributed by atoms with Crippen molar-refractivity contribution in [2.75, 3.05) is 0 Å². The van der Waals surface area contributed by atoms with E-state index >= 15 is 0 Å². The van der Waals surface area contributed by atoms with Gasteiger partial charge in [-0.2, -0.15) is 0 Å². The first-order chi connectivity index (χ1) is 9.95. The lowest BCUT2D eigenvalue weighted by Crippen LogP contribution is -2.12. The number of hydrogen-bond acceptors (Lipinski definition) is 3. The summed E-state index contributed by atoms with van der Waals surface area (Å²) >= 11 is 1.69. The van der Waals surface area contributed by atoms with Crippen LogP contribution in [0, 0.1) is 6.92 Å². The average Bonchev–Trinajstić information content (AvgIpc) is 3.06. The van der Waals surface area contributed by atoms with Crippen LogP contribution in [0.15, 0.2) is 58.9 Å². The van der Waals surface area contributed by atoms with Gasteiger partial charge in [0, 0.05) is 11.9 Å². The molecular weight excluding hydrogens is 304 g/mol. The lowest BCUT2D eigenvalue weighted by molar-refractivity contribution is 0.598. The van der Waals surface area contributed by atoms with Crippen molar-refractivity contribution in [3.05, 3.63) is 59.6 Å². The maximum absolute atomic E-state index is 11.3. The fourth-order valence-corrected chi connectivity index (χ4v) is 3.61. The summed E-state index contributed by atoms with van der Waals surface area (Å²) in [6.07, 6.45) is 1.95. The maximum Gasteiger partial charge on any atom is 0.238 e. The van der Waals surface area contributed by atoms with Crippen LogP contribution in [0.4, 0.5) is 0 Å². The average molecular weight is 318 g/mol. The first kappa shape index (κ1) is 14.1. The molecule has 0 aliphatic heterocycles. The summed E-state index contributed by atoms with van der Waals surface area (Å²) in [6, 6.07) is 12.7. The Kier molecular flexibility index (Phi) is 3.44. The maximum atomic E-state index is 11.3. The quantitative estimate of drug-likeness (QED) is 0.806. The van der Waals surface area contributed by atoms with Crippen LogP contribution in [0.2, 0.25) is 0 Å². The van der Waals surface area contributed by atoms with E-state index in [4.69, 9.17) is 5.14 Å². The van der Waals surface area contributed by atoms with Crippen molar-refractivity contribution in [3.8, 4) is 16.3 Å². The Morgan fingerprint density at radius 3 is 2.43 bits per heavy atom. The third kappa shape index (κ3) is 2.78. The number of aromatic nitrogens is 1. The van der Waals surface area contributed by atoms with Crippen molar-refractivity contribution < 1.29 is 8.42 Å². The second-order valence-electron chi connectivity index (χ2n) is 4.79. The Balaban J connectivity index is 2.04. The van der Waals surface area contributed by atoms with E-state index in [2.05, 4.69) is 18.4 Å². The smallest absolute Gasteiger partial charge is 0.238 e. The molecule has 6 heteroatoms. The molecule has 0 unspecified atom stereocenters. The first-order valence-corrected chi connectivity index (χ1v) is 8.74. The van der Waals surface area contributed by atoms with Crippen LogP contribution in [0.3, 0.4) is 0 Å². The van der Waals surface area contributed by atoms with E-state index in [0.717, 1.165) is 11.4 Å². The molecule has 0 saturated heterocycles. The highest BCUT2D eigenvalue weighted by Crippen LogP contribution is 2.29. The topological polar surface area (TPSA) is 65.1 Å². The predicted octanol–water partition coefficient (Wildman–Crippen LogP) is 3.16. The van der Waals surface area contributed by atoms with Gasteiger partial charge < -0.3 is 4.57 Å². The molecule has 3 aromatic rings. The fourth-order valence-electron chi connectivity index (χ4n) is 2.17. The zero-order chi connectivity index (χ0) is 15.0. The van der Waals surface area contributed by atoms with Crippen molar-refractivity contribution in [2.45, 2.75) is 11.8 Å².